The van der Waals surface area contributed by atoms with Crippen LogP contribution in [0.3, 0.4) is 0 Å². The highest BCUT2D eigenvalue weighted by Crippen LogP contribution is 2.71. The number of esters is 1. The number of rotatable bonds is 4. The van der Waals surface area contributed by atoms with Crippen LogP contribution in [0.1, 0.15) is 84.1 Å². The molecule has 0 amide bonds. The molecule has 1 aliphatic heterocycles. The molecule has 3 saturated carbocycles. The fourth-order valence-corrected chi connectivity index (χ4v) is 8.49. The number of carbonyl (C=O) groups excluding carboxylic acids is 2. The van der Waals surface area contributed by atoms with E-state index in [0.29, 0.717) is 19.3 Å². The van der Waals surface area contributed by atoms with Crippen LogP contribution in [-0.4, -0.2) is 41.1 Å². The largest absolute Gasteiger partial charge is 0.464 e. The Bertz CT molecular complexity index is 1050. The molecule has 4 aliphatic rings. The summed E-state index contributed by atoms with van der Waals surface area (Å²) < 4.78 is 22.9. The molecule has 3 aliphatic carbocycles. The third-order valence-electron chi connectivity index (χ3n) is 10.5. The van der Waals surface area contributed by atoms with Gasteiger partial charge in [-0.25, -0.2) is 4.79 Å². The summed E-state index contributed by atoms with van der Waals surface area (Å²) in [6.45, 7) is 8.38. The second-order valence-electron chi connectivity index (χ2n) is 11.8. The molecule has 0 aromatic carbocycles. The lowest BCUT2D eigenvalue weighted by atomic mass is 9.41. The van der Waals surface area contributed by atoms with Gasteiger partial charge < -0.3 is 23.7 Å². The highest BCUT2D eigenvalue weighted by atomic mass is 16.7. The first kappa shape index (κ1) is 24.5. The van der Waals surface area contributed by atoms with E-state index in [9.17, 15) is 19.5 Å². The third-order valence-corrected chi connectivity index (χ3v) is 10.5. The lowest BCUT2D eigenvalue weighted by Gasteiger charge is -2.65. The Morgan fingerprint density at radius 1 is 1.09 bits per heavy atom. The van der Waals surface area contributed by atoms with Crippen LogP contribution in [0.15, 0.2) is 27.6 Å². The van der Waals surface area contributed by atoms with Gasteiger partial charge in [0.1, 0.15) is 6.10 Å². The number of hydrogen-bond donors (Lipinski definition) is 1. The molecule has 0 spiro atoms. The van der Waals surface area contributed by atoms with Gasteiger partial charge in [-0.2, -0.15) is 0 Å². The summed E-state index contributed by atoms with van der Waals surface area (Å²) in [5.41, 5.74) is -1.87. The van der Waals surface area contributed by atoms with Gasteiger partial charge in [-0.3, -0.25) is 9.59 Å². The molecule has 1 aromatic heterocycles. The van der Waals surface area contributed by atoms with Crippen molar-refractivity contribution in [1.82, 2.24) is 0 Å². The van der Waals surface area contributed by atoms with Crippen LogP contribution in [0.25, 0.3) is 0 Å². The molecular weight excluding hydrogens is 452 g/mol. The van der Waals surface area contributed by atoms with Crippen LogP contribution < -0.4 is 5.63 Å². The summed E-state index contributed by atoms with van der Waals surface area (Å²) in [7, 11) is 0. The summed E-state index contributed by atoms with van der Waals surface area (Å²) in [4.78, 5) is 34.6. The second kappa shape index (κ2) is 8.17. The van der Waals surface area contributed by atoms with E-state index in [-0.39, 0.29) is 34.7 Å². The standard InChI is InChI=1S/C27H36O8/c1-16(29)34-23-22(17-5-6-21(30)32-14-17)25(3)11-8-19-20(26(25,4)35-23)9-12-27(31)13-18(33-15-28)7-10-24(19,27)2/h5-6,14-15,18-20,22-23,31H,7-13H2,1-4H3/t18-,19-,20+,22-,23-,24+,25+,26-,27-/m0/s1. The Balaban J connectivity index is 1.52. The van der Waals surface area contributed by atoms with Crippen molar-refractivity contribution in [3.05, 3.63) is 34.4 Å². The van der Waals surface area contributed by atoms with E-state index in [2.05, 4.69) is 20.8 Å². The van der Waals surface area contributed by atoms with Crippen molar-refractivity contribution in [2.45, 2.75) is 102 Å². The lowest BCUT2D eigenvalue weighted by molar-refractivity contribution is -0.262. The van der Waals surface area contributed by atoms with Gasteiger partial charge in [0.2, 0.25) is 6.29 Å². The topological polar surface area (TPSA) is 112 Å². The van der Waals surface area contributed by atoms with E-state index < -0.39 is 29.1 Å². The van der Waals surface area contributed by atoms with Crippen LogP contribution in [0.2, 0.25) is 0 Å². The summed E-state index contributed by atoms with van der Waals surface area (Å²) >= 11 is 0. The minimum Gasteiger partial charge on any atom is -0.464 e. The van der Waals surface area contributed by atoms with Crippen molar-refractivity contribution < 1.29 is 33.3 Å². The maximum absolute atomic E-state index is 12.0. The first-order chi connectivity index (χ1) is 16.5. The Hall–Kier alpha value is -2.19. The van der Waals surface area contributed by atoms with Gasteiger partial charge in [-0.15, -0.1) is 0 Å². The van der Waals surface area contributed by atoms with Crippen LogP contribution >= 0.6 is 0 Å². The van der Waals surface area contributed by atoms with Crippen molar-refractivity contribution >= 4 is 12.4 Å². The monoisotopic (exact) mass is 488 g/mol. The maximum Gasteiger partial charge on any atom is 0.335 e. The smallest absolute Gasteiger partial charge is 0.335 e. The average Bonchev–Trinajstić information content (AvgIpc) is 3.01. The first-order valence-corrected chi connectivity index (χ1v) is 12.7. The zero-order valence-corrected chi connectivity index (χ0v) is 21.0. The predicted molar refractivity (Wildman–Crippen MR) is 124 cm³/mol. The molecule has 192 valence electrons. The highest BCUT2D eigenvalue weighted by molar-refractivity contribution is 5.66. The number of hydrogen-bond acceptors (Lipinski definition) is 8. The van der Waals surface area contributed by atoms with E-state index in [1.807, 2.05) is 0 Å². The van der Waals surface area contributed by atoms with Crippen LogP contribution in [0.5, 0.6) is 0 Å². The molecule has 8 heteroatoms. The van der Waals surface area contributed by atoms with Gasteiger partial charge >= 0.3 is 11.6 Å². The van der Waals surface area contributed by atoms with Crippen molar-refractivity contribution in [1.29, 1.82) is 0 Å². The summed E-state index contributed by atoms with van der Waals surface area (Å²) in [6.07, 6.45) is 5.46. The molecule has 8 nitrogen and oxygen atoms in total. The summed E-state index contributed by atoms with van der Waals surface area (Å²) in [5.74, 6) is -0.346. The van der Waals surface area contributed by atoms with Crippen LogP contribution in [0.4, 0.5) is 0 Å². The van der Waals surface area contributed by atoms with Crippen molar-refractivity contribution in [3.8, 4) is 0 Å². The fraction of sp³-hybridized carbons (Fsp3) is 0.741. The quantitative estimate of drug-likeness (QED) is 0.504. The zero-order chi connectivity index (χ0) is 25.2. The summed E-state index contributed by atoms with van der Waals surface area (Å²) in [6, 6.07) is 3.14. The average molecular weight is 489 g/mol. The number of carbonyl (C=O) groups is 2. The van der Waals surface area contributed by atoms with Gasteiger partial charge in [0, 0.05) is 24.8 Å². The molecule has 1 aromatic rings. The molecule has 0 unspecified atom stereocenters. The van der Waals surface area contributed by atoms with Crippen molar-refractivity contribution in [2.24, 2.45) is 22.7 Å². The highest BCUT2D eigenvalue weighted by Gasteiger charge is 2.72. The Morgan fingerprint density at radius 3 is 2.46 bits per heavy atom. The van der Waals surface area contributed by atoms with Crippen LogP contribution in [0, 0.1) is 22.7 Å². The summed E-state index contributed by atoms with van der Waals surface area (Å²) in [5, 5.41) is 11.9. The Morgan fingerprint density at radius 2 is 1.80 bits per heavy atom. The minimum absolute atomic E-state index is 0.147. The molecule has 5 rings (SSSR count). The molecule has 1 N–H and O–H groups in total. The molecule has 9 atom stereocenters. The van der Waals surface area contributed by atoms with E-state index in [0.717, 1.165) is 37.7 Å². The Labute approximate surface area is 205 Å². The van der Waals surface area contributed by atoms with Gasteiger partial charge in [0.05, 0.1) is 23.4 Å². The second-order valence-corrected chi connectivity index (χ2v) is 11.8. The van der Waals surface area contributed by atoms with Gasteiger partial charge in [-0.05, 0) is 74.3 Å². The van der Waals surface area contributed by atoms with Crippen LogP contribution in [-0.2, 0) is 23.8 Å². The van der Waals surface area contributed by atoms with Crippen molar-refractivity contribution in [2.75, 3.05) is 0 Å². The minimum atomic E-state index is -0.902. The van der Waals surface area contributed by atoms with E-state index in [1.165, 1.54) is 19.3 Å². The number of fused-ring (bicyclic) bond motifs is 5. The fourth-order valence-electron chi connectivity index (χ4n) is 8.49. The lowest BCUT2D eigenvalue weighted by Crippen LogP contribution is -2.66. The molecule has 0 radical (unpaired) electrons. The van der Waals surface area contributed by atoms with Gasteiger partial charge in [0.25, 0.3) is 6.47 Å². The molecule has 2 heterocycles. The normalized spacial score (nSPS) is 46.6. The number of ether oxygens (including phenoxy) is 3. The predicted octanol–water partition coefficient (Wildman–Crippen LogP) is 3.69. The maximum atomic E-state index is 12.0. The number of aliphatic hydroxyl groups is 1. The Kier molecular flexibility index (Phi) is 5.72. The molecular formula is C27H36O8. The SMILES string of the molecule is CC(=O)O[C@H]1O[C@@]2(C)[C@@H]3CC[C@]4(O)C[C@@H](OC=O)CC[C@]4(C)[C@H]3CC[C@]2(C)[C@H]1c1ccc(=O)oc1. The van der Waals surface area contributed by atoms with E-state index >= 15 is 0 Å². The zero-order valence-electron chi connectivity index (χ0n) is 21.0. The third kappa shape index (κ3) is 3.43. The van der Waals surface area contributed by atoms with Gasteiger partial charge in [-0.1, -0.05) is 13.8 Å². The van der Waals surface area contributed by atoms with Gasteiger partial charge in [0.15, 0.2) is 0 Å². The molecule has 4 fully saturated rings. The van der Waals surface area contributed by atoms with E-state index in [1.54, 1.807) is 6.07 Å². The van der Waals surface area contributed by atoms with Crippen molar-refractivity contribution in [3.63, 3.8) is 0 Å². The molecule has 1 saturated heterocycles. The molecule has 0 bridgehead atoms. The van der Waals surface area contributed by atoms with E-state index in [4.69, 9.17) is 18.6 Å². The first-order valence-electron chi connectivity index (χ1n) is 12.7. The molecule has 35 heavy (non-hydrogen) atoms.